The molecule has 3 nitrogen and oxygen atoms in total. The number of carbonyl (C=O) groups is 1. The van der Waals surface area contributed by atoms with Crippen LogP contribution < -0.4 is 10.6 Å². The third-order valence-corrected chi connectivity index (χ3v) is 2.81. The van der Waals surface area contributed by atoms with Crippen LogP contribution in [0.3, 0.4) is 0 Å². The van der Waals surface area contributed by atoms with Gasteiger partial charge in [0.2, 0.25) is 5.91 Å². The molecule has 0 aromatic heterocycles. The van der Waals surface area contributed by atoms with Crippen LogP contribution in [-0.2, 0) is 4.79 Å². The second-order valence-corrected chi connectivity index (χ2v) is 4.33. The molecule has 0 aliphatic heterocycles. The molecule has 4 heteroatoms. The van der Waals surface area contributed by atoms with Crippen molar-refractivity contribution in [3.05, 3.63) is 24.3 Å². The van der Waals surface area contributed by atoms with Gasteiger partial charge in [-0.15, -0.1) is 11.8 Å². The first-order valence-electron chi connectivity index (χ1n) is 4.87. The van der Waals surface area contributed by atoms with Crippen molar-refractivity contribution >= 4 is 23.4 Å². The Morgan fingerprint density at radius 1 is 1.33 bits per heavy atom. The molecule has 0 atom stereocenters. The minimum absolute atomic E-state index is 0.0365. The number of carbonyl (C=O) groups excluding carboxylic acids is 1. The SMILES string of the molecule is CNCCSc1ccc(NC(C)=O)cc1. The zero-order valence-corrected chi connectivity index (χ0v) is 9.86. The van der Waals surface area contributed by atoms with Crippen molar-refractivity contribution in [1.82, 2.24) is 5.32 Å². The molecule has 2 N–H and O–H groups in total. The number of thioether (sulfide) groups is 1. The summed E-state index contributed by atoms with van der Waals surface area (Å²) < 4.78 is 0. The minimum Gasteiger partial charge on any atom is -0.326 e. The van der Waals surface area contributed by atoms with Crippen LogP contribution in [0.1, 0.15) is 6.92 Å². The first-order valence-corrected chi connectivity index (χ1v) is 5.86. The van der Waals surface area contributed by atoms with Crippen molar-refractivity contribution < 1.29 is 4.79 Å². The lowest BCUT2D eigenvalue weighted by Crippen LogP contribution is -2.09. The lowest BCUT2D eigenvalue weighted by molar-refractivity contribution is -0.114. The topological polar surface area (TPSA) is 41.1 Å². The van der Waals surface area contributed by atoms with Crippen molar-refractivity contribution in [2.45, 2.75) is 11.8 Å². The number of rotatable bonds is 5. The van der Waals surface area contributed by atoms with Gasteiger partial charge in [-0.1, -0.05) is 0 Å². The summed E-state index contributed by atoms with van der Waals surface area (Å²) >= 11 is 1.80. The Bertz CT molecular complexity index is 311. The van der Waals surface area contributed by atoms with E-state index in [9.17, 15) is 4.79 Å². The Morgan fingerprint density at radius 2 is 2.00 bits per heavy atom. The number of anilines is 1. The van der Waals surface area contributed by atoms with Gasteiger partial charge in [0.1, 0.15) is 0 Å². The second kappa shape index (κ2) is 6.48. The molecule has 1 aromatic rings. The minimum atomic E-state index is -0.0365. The van der Waals surface area contributed by atoms with Crippen LogP contribution in [0, 0.1) is 0 Å². The zero-order chi connectivity index (χ0) is 11.1. The quantitative estimate of drug-likeness (QED) is 0.593. The number of amides is 1. The van der Waals surface area contributed by atoms with Crippen molar-refractivity contribution in [3.8, 4) is 0 Å². The van der Waals surface area contributed by atoms with Gasteiger partial charge >= 0.3 is 0 Å². The maximum Gasteiger partial charge on any atom is 0.221 e. The maximum absolute atomic E-state index is 10.8. The number of benzene rings is 1. The molecule has 0 saturated carbocycles. The standard InChI is InChI=1S/C11H16N2OS/c1-9(14)13-10-3-5-11(6-4-10)15-8-7-12-2/h3-6,12H,7-8H2,1-2H3,(H,13,14). The maximum atomic E-state index is 10.8. The Balaban J connectivity index is 2.45. The fraction of sp³-hybridized carbons (Fsp3) is 0.364. The van der Waals surface area contributed by atoms with Crippen LogP contribution in [-0.4, -0.2) is 25.3 Å². The highest BCUT2D eigenvalue weighted by Crippen LogP contribution is 2.19. The fourth-order valence-corrected chi connectivity index (χ4v) is 1.98. The normalized spacial score (nSPS) is 10.0. The molecule has 0 spiro atoms. The van der Waals surface area contributed by atoms with Crippen molar-refractivity contribution in [1.29, 1.82) is 0 Å². The molecule has 0 saturated heterocycles. The van der Waals surface area contributed by atoms with Crippen LogP contribution in [0.2, 0.25) is 0 Å². The predicted octanol–water partition coefficient (Wildman–Crippen LogP) is 1.96. The first kappa shape index (κ1) is 12.1. The average Bonchev–Trinajstić information content (AvgIpc) is 2.20. The van der Waals surface area contributed by atoms with Gasteiger partial charge in [0.25, 0.3) is 0 Å². The van der Waals surface area contributed by atoms with Gasteiger partial charge in [-0.2, -0.15) is 0 Å². The molecule has 0 aliphatic rings. The smallest absolute Gasteiger partial charge is 0.221 e. The number of nitrogens with one attached hydrogen (secondary N) is 2. The third kappa shape index (κ3) is 4.85. The molecule has 15 heavy (non-hydrogen) atoms. The molecular formula is C11H16N2OS. The molecule has 0 bridgehead atoms. The van der Waals surface area contributed by atoms with Gasteiger partial charge < -0.3 is 10.6 Å². The lowest BCUT2D eigenvalue weighted by atomic mass is 10.3. The first-order chi connectivity index (χ1) is 7.22. The second-order valence-electron chi connectivity index (χ2n) is 3.16. The van der Waals surface area contributed by atoms with E-state index in [1.807, 2.05) is 31.3 Å². The zero-order valence-electron chi connectivity index (χ0n) is 9.04. The van der Waals surface area contributed by atoms with E-state index in [0.29, 0.717) is 0 Å². The summed E-state index contributed by atoms with van der Waals surface area (Å²) in [4.78, 5) is 12.0. The van der Waals surface area contributed by atoms with E-state index in [2.05, 4.69) is 10.6 Å². The molecule has 1 aromatic carbocycles. The Hall–Kier alpha value is -1.00. The van der Waals surface area contributed by atoms with E-state index < -0.39 is 0 Å². The molecule has 0 aliphatic carbocycles. The van der Waals surface area contributed by atoms with Crippen molar-refractivity contribution in [3.63, 3.8) is 0 Å². The van der Waals surface area contributed by atoms with E-state index >= 15 is 0 Å². The molecule has 0 fully saturated rings. The van der Waals surface area contributed by atoms with Gasteiger partial charge in [0.05, 0.1) is 0 Å². The van der Waals surface area contributed by atoms with Crippen LogP contribution >= 0.6 is 11.8 Å². The predicted molar refractivity (Wildman–Crippen MR) is 65.4 cm³/mol. The van der Waals surface area contributed by atoms with E-state index in [-0.39, 0.29) is 5.91 Å². The monoisotopic (exact) mass is 224 g/mol. The highest BCUT2D eigenvalue weighted by Gasteiger charge is 1.96. The van der Waals surface area contributed by atoms with E-state index in [1.165, 1.54) is 11.8 Å². The summed E-state index contributed by atoms with van der Waals surface area (Å²) in [6, 6.07) is 7.88. The van der Waals surface area contributed by atoms with Crippen LogP contribution in [0.15, 0.2) is 29.2 Å². The van der Waals surface area contributed by atoms with Gasteiger partial charge in [-0.3, -0.25) is 4.79 Å². The molecule has 0 unspecified atom stereocenters. The average molecular weight is 224 g/mol. The van der Waals surface area contributed by atoms with Crippen molar-refractivity contribution in [2.75, 3.05) is 24.7 Å². The Kier molecular flexibility index (Phi) is 5.21. The van der Waals surface area contributed by atoms with E-state index in [4.69, 9.17) is 0 Å². The summed E-state index contributed by atoms with van der Waals surface area (Å²) in [5.41, 5.74) is 0.848. The number of hydrogen-bond donors (Lipinski definition) is 2. The fourth-order valence-electron chi connectivity index (χ4n) is 1.11. The molecule has 0 radical (unpaired) electrons. The summed E-state index contributed by atoms with van der Waals surface area (Å²) in [6.07, 6.45) is 0. The third-order valence-electron chi connectivity index (χ3n) is 1.80. The molecular weight excluding hydrogens is 208 g/mol. The highest BCUT2D eigenvalue weighted by atomic mass is 32.2. The van der Waals surface area contributed by atoms with Gasteiger partial charge in [0, 0.05) is 29.8 Å². The van der Waals surface area contributed by atoms with Gasteiger partial charge in [-0.25, -0.2) is 0 Å². The van der Waals surface area contributed by atoms with Crippen LogP contribution in [0.4, 0.5) is 5.69 Å². The van der Waals surface area contributed by atoms with Gasteiger partial charge in [-0.05, 0) is 31.3 Å². The molecule has 1 amide bonds. The Morgan fingerprint density at radius 3 is 2.53 bits per heavy atom. The molecule has 1 rings (SSSR count). The van der Waals surface area contributed by atoms with Crippen LogP contribution in [0.5, 0.6) is 0 Å². The summed E-state index contributed by atoms with van der Waals surface area (Å²) in [6.45, 7) is 2.51. The summed E-state index contributed by atoms with van der Waals surface area (Å²) in [5, 5.41) is 5.84. The van der Waals surface area contributed by atoms with E-state index in [0.717, 1.165) is 18.0 Å². The van der Waals surface area contributed by atoms with E-state index in [1.54, 1.807) is 11.8 Å². The van der Waals surface area contributed by atoms with Gasteiger partial charge in [0.15, 0.2) is 0 Å². The summed E-state index contributed by atoms with van der Waals surface area (Å²) in [5.74, 6) is 1.02. The van der Waals surface area contributed by atoms with Crippen LogP contribution in [0.25, 0.3) is 0 Å². The van der Waals surface area contributed by atoms with Crippen molar-refractivity contribution in [2.24, 2.45) is 0 Å². The Labute approximate surface area is 94.6 Å². The number of hydrogen-bond acceptors (Lipinski definition) is 3. The largest absolute Gasteiger partial charge is 0.326 e. The summed E-state index contributed by atoms with van der Waals surface area (Å²) in [7, 11) is 1.94. The molecule has 82 valence electrons. The highest BCUT2D eigenvalue weighted by molar-refractivity contribution is 7.99. The lowest BCUT2D eigenvalue weighted by Gasteiger charge is -2.04. The molecule has 0 heterocycles.